The molecule has 1 unspecified atom stereocenters. The lowest BCUT2D eigenvalue weighted by Gasteiger charge is -2.23. The maximum Gasteiger partial charge on any atom is 0.144 e. The molecule has 0 spiro atoms. The Labute approximate surface area is 80.9 Å². The molecule has 1 heterocycles. The summed E-state index contributed by atoms with van der Waals surface area (Å²) in [6.45, 7) is 0.437. The highest BCUT2D eigenvalue weighted by molar-refractivity contribution is 5.51. The lowest BCUT2D eigenvalue weighted by molar-refractivity contribution is 0.266. The van der Waals surface area contributed by atoms with Crippen LogP contribution in [0.3, 0.4) is 0 Å². The van der Waals surface area contributed by atoms with E-state index in [0.717, 1.165) is 0 Å². The smallest absolute Gasteiger partial charge is 0.144 e. The molecule has 0 aromatic heterocycles. The van der Waals surface area contributed by atoms with Crippen LogP contribution in [0.1, 0.15) is 23.6 Å². The number of fused-ring (bicyclic) bond motifs is 1. The van der Waals surface area contributed by atoms with Crippen LogP contribution in [0.15, 0.2) is 12.1 Å². The van der Waals surface area contributed by atoms with E-state index < -0.39 is 5.82 Å². The van der Waals surface area contributed by atoms with Crippen molar-refractivity contribution in [1.82, 2.24) is 0 Å². The first-order chi connectivity index (χ1) is 6.74. The van der Waals surface area contributed by atoms with Gasteiger partial charge in [-0.1, -0.05) is 6.07 Å². The minimum atomic E-state index is -0.555. The average molecular weight is 192 g/mol. The number of nitrogens with two attached hydrogens (primary N) is 1. The highest BCUT2D eigenvalue weighted by atomic mass is 19.1. The normalized spacial score (nSPS) is 19.4. The molecule has 3 nitrogen and oxygen atoms in total. The fraction of sp³-hybridized carbons (Fsp3) is 0.300. The fourth-order valence-corrected chi connectivity index (χ4v) is 1.57. The summed E-state index contributed by atoms with van der Waals surface area (Å²) in [6, 6.07) is 4.46. The Bertz CT molecular complexity index is 411. The summed E-state index contributed by atoms with van der Waals surface area (Å²) in [7, 11) is 0. The molecule has 4 heteroatoms. The minimum Gasteiger partial charge on any atom is -0.492 e. The monoisotopic (exact) mass is 192 g/mol. The summed E-state index contributed by atoms with van der Waals surface area (Å²) < 4.78 is 18.4. The van der Waals surface area contributed by atoms with Gasteiger partial charge in [0.2, 0.25) is 0 Å². The summed E-state index contributed by atoms with van der Waals surface area (Å²) in [4.78, 5) is 0. The molecule has 2 rings (SSSR count). The van der Waals surface area contributed by atoms with E-state index in [9.17, 15) is 4.39 Å². The number of halogens is 1. The minimum absolute atomic E-state index is 0.0438. The standard InChI is InChI=1S/C10H9FN2O/c11-8-2-1-6-9(13)3-4-14-10(6)7(8)5-12/h1-2,9H,3-4,13H2. The van der Waals surface area contributed by atoms with Crippen LogP contribution in [0.2, 0.25) is 0 Å². The lowest BCUT2D eigenvalue weighted by Crippen LogP contribution is -2.21. The largest absolute Gasteiger partial charge is 0.492 e. The van der Waals surface area contributed by atoms with E-state index in [-0.39, 0.29) is 11.6 Å². The molecule has 1 aromatic carbocycles. The molecule has 0 aliphatic carbocycles. The van der Waals surface area contributed by atoms with Crippen LogP contribution >= 0.6 is 0 Å². The number of nitriles is 1. The highest BCUT2D eigenvalue weighted by Crippen LogP contribution is 2.34. The maximum atomic E-state index is 13.2. The van der Waals surface area contributed by atoms with Crippen molar-refractivity contribution in [3.8, 4) is 11.8 Å². The van der Waals surface area contributed by atoms with E-state index in [0.29, 0.717) is 24.3 Å². The van der Waals surface area contributed by atoms with Crippen LogP contribution < -0.4 is 10.5 Å². The van der Waals surface area contributed by atoms with Crippen molar-refractivity contribution in [2.24, 2.45) is 5.73 Å². The second-order valence-corrected chi connectivity index (χ2v) is 3.20. The highest BCUT2D eigenvalue weighted by Gasteiger charge is 2.23. The Morgan fingerprint density at radius 3 is 3.07 bits per heavy atom. The van der Waals surface area contributed by atoms with Crippen molar-refractivity contribution >= 4 is 0 Å². The zero-order valence-electron chi connectivity index (χ0n) is 7.46. The van der Waals surface area contributed by atoms with E-state index in [1.807, 2.05) is 0 Å². The molecule has 1 atom stereocenters. The summed E-state index contributed by atoms with van der Waals surface area (Å²) in [5, 5.41) is 8.75. The molecule has 2 N–H and O–H groups in total. The fourth-order valence-electron chi connectivity index (χ4n) is 1.57. The second kappa shape index (κ2) is 3.28. The molecule has 0 amide bonds. The van der Waals surface area contributed by atoms with Crippen LogP contribution in [-0.4, -0.2) is 6.61 Å². The first-order valence-corrected chi connectivity index (χ1v) is 4.35. The van der Waals surface area contributed by atoms with Crippen LogP contribution in [0.25, 0.3) is 0 Å². The van der Waals surface area contributed by atoms with Crippen molar-refractivity contribution in [3.05, 3.63) is 29.1 Å². The summed E-state index contributed by atoms with van der Waals surface area (Å²) >= 11 is 0. The Balaban J connectivity index is 2.63. The van der Waals surface area contributed by atoms with Crippen molar-refractivity contribution in [2.45, 2.75) is 12.5 Å². The van der Waals surface area contributed by atoms with Crippen LogP contribution in [-0.2, 0) is 0 Å². The Morgan fingerprint density at radius 1 is 1.57 bits per heavy atom. The number of nitrogens with zero attached hydrogens (tertiary/aromatic N) is 1. The van der Waals surface area contributed by atoms with Gasteiger partial charge in [0, 0.05) is 18.0 Å². The van der Waals surface area contributed by atoms with Gasteiger partial charge in [-0.25, -0.2) is 4.39 Å². The molecule has 1 aliphatic heterocycles. The predicted octanol–water partition coefficient (Wildman–Crippen LogP) is 1.48. The topological polar surface area (TPSA) is 59.0 Å². The molecule has 72 valence electrons. The van der Waals surface area contributed by atoms with Gasteiger partial charge in [0.1, 0.15) is 23.2 Å². The third kappa shape index (κ3) is 1.22. The van der Waals surface area contributed by atoms with Gasteiger partial charge in [-0.15, -0.1) is 0 Å². The SMILES string of the molecule is N#Cc1c(F)ccc2c1OCCC2N. The molecular formula is C10H9FN2O. The third-order valence-electron chi connectivity index (χ3n) is 2.32. The van der Waals surface area contributed by atoms with E-state index in [1.165, 1.54) is 6.07 Å². The average Bonchev–Trinajstić information content (AvgIpc) is 2.18. The van der Waals surface area contributed by atoms with Gasteiger partial charge in [0.05, 0.1) is 6.61 Å². The predicted molar refractivity (Wildman–Crippen MR) is 48.2 cm³/mol. The number of hydrogen-bond acceptors (Lipinski definition) is 3. The number of benzene rings is 1. The Hall–Kier alpha value is -1.60. The molecule has 0 fully saturated rings. The quantitative estimate of drug-likeness (QED) is 0.677. The van der Waals surface area contributed by atoms with E-state index in [1.54, 1.807) is 12.1 Å². The van der Waals surface area contributed by atoms with Crippen molar-refractivity contribution in [1.29, 1.82) is 5.26 Å². The van der Waals surface area contributed by atoms with Gasteiger partial charge in [-0.05, 0) is 6.07 Å². The number of ether oxygens (including phenoxy) is 1. The molecule has 1 aliphatic rings. The third-order valence-corrected chi connectivity index (χ3v) is 2.32. The van der Waals surface area contributed by atoms with Gasteiger partial charge < -0.3 is 10.5 Å². The van der Waals surface area contributed by atoms with Crippen molar-refractivity contribution in [2.75, 3.05) is 6.61 Å². The Morgan fingerprint density at radius 2 is 2.36 bits per heavy atom. The number of rotatable bonds is 0. The first kappa shape index (κ1) is 8.97. The summed E-state index contributed by atoms with van der Waals surface area (Å²) in [5.41, 5.74) is 6.48. The molecular weight excluding hydrogens is 183 g/mol. The van der Waals surface area contributed by atoms with Gasteiger partial charge >= 0.3 is 0 Å². The lowest BCUT2D eigenvalue weighted by atomic mass is 9.98. The number of hydrogen-bond donors (Lipinski definition) is 1. The molecule has 0 saturated heterocycles. The van der Waals surface area contributed by atoms with Crippen molar-refractivity contribution < 1.29 is 9.13 Å². The summed E-state index contributed by atoms with van der Waals surface area (Å²) in [5.74, 6) is -0.244. The summed E-state index contributed by atoms with van der Waals surface area (Å²) in [6.07, 6.45) is 0.698. The molecule has 1 aromatic rings. The van der Waals surface area contributed by atoms with Gasteiger partial charge in [0.25, 0.3) is 0 Å². The molecule has 0 saturated carbocycles. The van der Waals surface area contributed by atoms with Crippen LogP contribution in [0.4, 0.5) is 4.39 Å². The van der Waals surface area contributed by atoms with E-state index in [4.69, 9.17) is 15.7 Å². The molecule has 0 bridgehead atoms. The van der Waals surface area contributed by atoms with Gasteiger partial charge in [0.15, 0.2) is 0 Å². The van der Waals surface area contributed by atoms with Gasteiger partial charge in [-0.3, -0.25) is 0 Å². The van der Waals surface area contributed by atoms with Crippen LogP contribution in [0.5, 0.6) is 5.75 Å². The van der Waals surface area contributed by atoms with E-state index in [2.05, 4.69) is 0 Å². The Kier molecular flexibility index (Phi) is 2.10. The maximum absolute atomic E-state index is 13.2. The second-order valence-electron chi connectivity index (χ2n) is 3.20. The molecule has 0 radical (unpaired) electrons. The van der Waals surface area contributed by atoms with Gasteiger partial charge in [-0.2, -0.15) is 5.26 Å². The molecule has 14 heavy (non-hydrogen) atoms. The first-order valence-electron chi connectivity index (χ1n) is 4.35. The van der Waals surface area contributed by atoms with Crippen molar-refractivity contribution in [3.63, 3.8) is 0 Å². The van der Waals surface area contributed by atoms with Crippen LogP contribution in [0, 0.1) is 17.1 Å². The zero-order valence-corrected chi connectivity index (χ0v) is 7.46. The van der Waals surface area contributed by atoms with E-state index >= 15 is 0 Å². The zero-order chi connectivity index (χ0) is 10.1.